The molecule has 2 aromatic heterocycles. The van der Waals surface area contributed by atoms with Crippen molar-refractivity contribution in [3.63, 3.8) is 0 Å². The van der Waals surface area contributed by atoms with Gasteiger partial charge in [0.1, 0.15) is 0 Å². The lowest BCUT2D eigenvalue weighted by atomic mass is 10.3. The van der Waals surface area contributed by atoms with Crippen LogP contribution in [0.25, 0.3) is 0 Å². The van der Waals surface area contributed by atoms with E-state index in [2.05, 4.69) is 25.5 Å². The first-order valence-corrected chi connectivity index (χ1v) is 5.40. The molecule has 0 aliphatic carbocycles. The third-order valence-electron chi connectivity index (χ3n) is 2.28. The van der Waals surface area contributed by atoms with E-state index < -0.39 is 0 Å². The minimum absolute atomic E-state index is 0.571. The van der Waals surface area contributed by atoms with Crippen molar-refractivity contribution in [2.45, 2.75) is 13.3 Å². The van der Waals surface area contributed by atoms with E-state index in [4.69, 9.17) is 4.74 Å². The molecule has 6 heteroatoms. The Morgan fingerprint density at radius 1 is 1.41 bits per heavy atom. The summed E-state index contributed by atoms with van der Waals surface area (Å²) in [6.45, 7) is 2.65. The topological polar surface area (TPSA) is 75.7 Å². The number of H-pyrrole nitrogens is 1. The SMILES string of the molecule is COc1cc(C)nc(NCCc2ccn[nH]2)n1. The quantitative estimate of drug-likeness (QED) is 0.810. The second kappa shape index (κ2) is 5.29. The van der Waals surface area contributed by atoms with Crippen molar-refractivity contribution in [2.24, 2.45) is 0 Å². The standard InChI is InChI=1S/C11H15N5O/c1-8-7-10(17-2)15-11(14-8)12-5-3-9-4-6-13-16-9/h4,6-7H,3,5H2,1-2H3,(H,13,16)(H,12,14,15). The van der Waals surface area contributed by atoms with Gasteiger partial charge in [-0.2, -0.15) is 10.1 Å². The van der Waals surface area contributed by atoms with Gasteiger partial charge in [0.2, 0.25) is 11.8 Å². The van der Waals surface area contributed by atoms with Gasteiger partial charge in [-0.05, 0) is 13.0 Å². The average Bonchev–Trinajstić information content (AvgIpc) is 2.81. The molecule has 2 N–H and O–H groups in total. The number of anilines is 1. The third-order valence-corrected chi connectivity index (χ3v) is 2.28. The van der Waals surface area contributed by atoms with E-state index in [1.807, 2.05) is 13.0 Å². The van der Waals surface area contributed by atoms with Crippen molar-refractivity contribution in [1.29, 1.82) is 0 Å². The van der Waals surface area contributed by atoms with Gasteiger partial charge >= 0.3 is 0 Å². The van der Waals surface area contributed by atoms with E-state index in [9.17, 15) is 0 Å². The molecule has 17 heavy (non-hydrogen) atoms. The van der Waals surface area contributed by atoms with Crippen molar-refractivity contribution < 1.29 is 4.74 Å². The zero-order valence-electron chi connectivity index (χ0n) is 9.90. The molecule has 0 saturated heterocycles. The third kappa shape index (κ3) is 3.17. The van der Waals surface area contributed by atoms with Crippen LogP contribution in [0.4, 0.5) is 5.95 Å². The molecule has 6 nitrogen and oxygen atoms in total. The van der Waals surface area contributed by atoms with E-state index in [1.54, 1.807) is 19.4 Å². The molecular weight excluding hydrogens is 218 g/mol. The van der Waals surface area contributed by atoms with Gasteiger partial charge in [0, 0.05) is 36.6 Å². The molecule has 0 aliphatic heterocycles. The smallest absolute Gasteiger partial charge is 0.226 e. The largest absolute Gasteiger partial charge is 0.481 e. The van der Waals surface area contributed by atoms with Crippen LogP contribution < -0.4 is 10.1 Å². The Morgan fingerprint density at radius 2 is 2.29 bits per heavy atom. The molecule has 0 atom stereocenters. The maximum Gasteiger partial charge on any atom is 0.226 e. The lowest BCUT2D eigenvalue weighted by molar-refractivity contribution is 0.397. The molecule has 2 aromatic rings. The summed E-state index contributed by atoms with van der Waals surface area (Å²) in [6.07, 6.45) is 2.58. The molecule has 0 amide bonds. The van der Waals surface area contributed by atoms with E-state index >= 15 is 0 Å². The molecule has 0 aromatic carbocycles. The molecule has 0 radical (unpaired) electrons. The summed E-state index contributed by atoms with van der Waals surface area (Å²) in [4.78, 5) is 8.47. The van der Waals surface area contributed by atoms with Crippen LogP contribution in [-0.2, 0) is 6.42 Å². The highest BCUT2D eigenvalue weighted by Crippen LogP contribution is 2.10. The van der Waals surface area contributed by atoms with Gasteiger partial charge in [0.25, 0.3) is 0 Å². The van der Waals surface area contributed by atoms with E-state index in [1.165, 1.54) is 0 Å². The summed E-state index contributed by atoms with van der Waals surface area (Å²) in [6, 6.07) is 3.74. The zero-order chi connectivity index (χ0) is 12.1. The van der Waals surface area contributed by atoms with Gasteiger partial charge in [-0.25, -0.2) is 4.98 Å². The second-order valence-corrected chi connectivity index (χ2v) is 3.63. The molecule has 0 saturated carbocycles. The molecular formula is C11H15N5O. The molecule has 2 heterocycles. The monoisotopic (exact) mass is 233 g/mol. The fourth-order valence-corrected chi connectivity index (χ4v) is 1.46. The number of aromatic amines is 1. The van der Waals surface area contributed by atoms with Crippen molar-refractivity contribution in [3.05, 3.63) is 29.7 Å². The molecule has 0 unspecified atom stereocenters. The number of aryl methyl sites for hydroxylation is 1. The van der Waals surface area contributed by atoms with Crippen LogP contribution in [-0.4, -0.2) is 33.8 Å². The Labute approximate surface area is 99.4 Å². The Kier molecular flexibility index (Phi) is 3.54. The first kappa shape index (κ1) is 11.4. The minimum Gasteiger partial charge on any atom is -0.481 e. The van der Waals surface area contributed by atoms with Crippen LogP contribution in [0.3, 0.4) is 0 Å². The van der Waals surface area contributed by atoms with E-state index in [-0.39, 0.29) is 0 Å². The molecule has 0 spiro atoms. The van der Waals surface area contributed by atoms with Gasteiger partial charge in [-0.3, -0.25) is 5.10 Å². The second-order valence-electron chi connectivity index (χ2n) is 3.63. The maximum absolute atomic E-state index is 5.08. The van der Waals surface area contributed by atoms with E-state index in [0.29, 0.717) is 11.8 Å². The van der Waals surface area contributed by atoms with E-state index in [0.717, 1.165) is 24.4 Å². The minimum atomic E-state index is 0.571. The van der Waals surface area contributed by atoms with Crippen LogP contribution in [0.2, 0.25) is 0 Å². The number of hydrogen-bond acceptors (Lipinski definition) is 5. The molecule has 90 valence electrons. The fraction of sp³-hybridized carbons (Fsp3) is 0.364. The van der Waals surface area contributed by atoms with Crippen molar-refractivity contribution in [3.8, 4) is 5.88 Å². The summed E-state index contributed by atoms with van der Waals surface area (Å²) >= 11 is 0. The molecule has 0 aliphatic rings. The summed E-state index contributed by atoms with van der Waals surface area (Å²) < 4.78 is 5.08. The van der Waals surface area contributed by atoms with Gasteiger partial charge in [0.05, 0.1) is 7.11 Å². The Morgan fingerprint density at radius 3 is 3.00 bits per heavy atom. The lowest BCUT2D eigenvalue weighted by Gasteiger charge is -2.06. The predicted octanol–water partition coefficient (Wildman–Crippen LogP) is 1.17. The highest BCUT2D eigenvalue weighted by molar-refractivity contribution is 5.30. The van der Waals surface area contributed by atoms with Crippen molar-refractivity contribution in [1.82, 2.24) is 20.2 Å². The Balaban J connectivity index is 1.92. The highest BCUT2D eigenvalue weighted by atomic mass is 16.5. The first-order valence-electron chi connectivity index (χ1n) is 5.40. The van der Waals surface area contributed by atoms with Gasteiger partial charge in [0.15, 0.2) is 0 Å². The molecule has 0 bridgehead atoms. The normalized spacial score (nSPS) is 10.2. The molecule has 2 rings (SSSR count). The lowest BCUT2D eigenvalue weighted by Crippen LogP contribution is -2.09. The Hall–Kier alpha value is -2.11. The average molecular weight is 233 g/mol. The maximum atomic E-state index is 5.08. The summed E-state index contributed by atoms with van der Waals surface area (Å²) in [5.74, 6) is 1.16. The number of ether oxygens (including phenoxy) is 1. The number of aromatic nitrogens is 4. The van der Waals surface area contributed by atoms with Crippen LogP contribution in [0.1, 0.15) is 11.4 Å². The number of nitrogens with one attached hydrogen (secondary N) is 2. The van der Waals surface area contributed by atoms with Crippen molar-refractivity contribution in [2.75, 3.05) is 19.0 Å². The number of hydrogen-bond donors (Lipinski definition) is 2. The Bertz CT molecular complexity index is 469. The summed E-state index contributed by atoms with van der Waals surface area (Å²) in [5.41, 5.74) is 1.96. The van der Waals surface area contributed by atoms with Crippen LogP contribution in [0.5, 0.6) is 5.88 Å². The summed E-state index contributed by atoms with van der Waals surface area (Å²) in [7, 11) is 1.59. The molecule has 0 fully saturated rings. The van der Waals surface area contributed by atoms with Crippen molar-refractivity contribution >= 4 is 5.95 Å². The van der Waals surface area contributed by atoms with Gasteiger partial charge in [-0.15, -0.1) is 0 Å². The van der Waals surface area contributed by atoms with Crippen LogP contribution in [0, 0.1) is 6.92 Å². The van der Waals surface area contributed by atoms with Gasteiger partial charge in [-0.1, -0.05) is 0 Å². The number of methoxy groups -OCH3 is 1. The first-order chi connectivity index (χ1) is 8.28. The van der Waals surface area contributed by atoms with Crippen LogP contribution >= 0.6 is 0 Å². The number of nitrogens with zero attached hydrogens (tertiary/aromatic N) is 3. The van der Waals surface area contributed by atoms with Gasteiger partial charge < -0.3 is 10.1 Å². The highest BCUT2D eigenvalue weighted by Gasteiger charge is 2.01. The zero-order valence-corrected chi connectivity index (χ0v) is 9.90. The van der Waals surface area contributed by atoms with Crippen LogP contribution in [0.15, 0.2) is 18.3 Å². The fourth-order valence-electron chi connectivity index (χ4n) is 1.46. The number of rotatable bonds is 5. The summed E-state index contributed by atoms with van der Waals surface area (Å²) in [5, 5.41) is 9.94. The predicted molar refractivity (Wildman–Crippen MR) is 64.1 cm³/mol.